The lowest BCUT2D eigenvalue weighted by Crippen LogP contribution is -1.86. The summed E-state index contributed by atoms with van der Waals surface area (Å²) < 4.78 is 0. The molecule has 1 aromatic carbocycles. The number of halogens is 1. The highest BCUT2D eigenvalue weighted by Crippen LogP contribution is 2.43. The van der Waals surface area contributed by atoms with Crippen LogP contribution in [0, 0.1) is 0 Å². The normalized spacial score (nSPS) is 26.1. The van der Waals surface area contributed by atoms with Crippen molar-refractivity contribution in [3.8, 4) is 0 Å². The summed E-state index contributed by atoms with van der Waals surface area (Å²) in [5.74, 6) is 0.875. The summed E-state index contributed by atoms with van der Waals surface area (Å²) in [5, 5.41) is 0.281. The highest BCUT2D eigenvalue weighted by atomic mass is 35.5. The van der Waals surface area contributed by atoms with Gasteiger partial charge in [0.1, 0.15) is 0 Å². The molecule has 0 radical (unpaired) electrons. The molecular weight excluding hydrogens is 180 g/mol. The smallest absolute Gasteiger partial charge is 0.0591 e. The Balaban J connectivity index is 2.02. The molecule has 0 amide bonds. The molecule has 0 heterocycles. The number of alkyl halides is 1. The van der Waals surface area contributed by atoms with Gasteiger partial charge in [-0.3, -0.25) is 0 Å². The molecule has 1 fully saturated rings. The average Bonchev–Trinajstić information content (AvgIpc) is 2.93. The first-order valence-electron chi connectivity index (χ1n) is 5.11. The van der Waals surface area contributed by atoms with E-state index in [1.165, 1.54) is 30.4 Å². The molecule has 0 nitrogen and oxygen atoms in total. The van der Waals surface area contributed by atoms with Crippen LogP contribution in [0.25, 0.3) is 0 Å². The Bertz CT molecular complexity index is 339. The molecule has 0 bridgehead atoms. The van der Waals surface area contributed by atoms with Crippen LogP contribution in [0.4, 0.5) is 0 Å². The van der Waals surface area contributed by atoms with E-state index in [0.717, 1.165) is 12.3 Å². The van der Waals surface area contributed by atoms with Crippen molar-refractivity contribution in [1.82, 2.24) is 0 Å². The van der Waals surface area contributed by atoms with E-state index in [1.54, 1.807) is 5.56 Å². The average molecular weight is 193 g/mol. The summed E-state index contributed by atoms with van der Waals surface area (Å²) in [6, 6.07) is 6.90. The maximum atomic E-state index is 6.19. The molecule has 1 atom stereocenters. The molecule has 2 aliphatic carbocycles. The summed E-state index contributed by atoms with van der Waals surface area (Å²) in [6.07, 6.45) is 5.10. The van der Waals surface area contributed by atoms with Crippen LogP contribution < -0.4 is 0 Å². The van der Waals surface area contributed by atoms with Crippen LogP contribution in [-0.2, 0) is 6.42 Å². The van der Waals surface area contributed by atoms with Gasteiger partial charge in [0.05, 0.1) is 5.38 Å². The van der Waals surface area contributed by atoms with Crippen molar-refractivity contribution >= 4 is 11.6 Å². The SMILES string of the molecule is ClC1CCc2cc(C3CC3)ccc21. The van der Waals surface area contributed by atoms with Gasteiger partial charge in [-0.1, -0.05) is 18.2 Å². The van der Waals surface area contributed by atoms with Gasteiger partial charge in [0.2, 0.25) is 0 Å². The van der Waals surface area contributed by atoms with Crippen molar-refractivity contribution in [2.24, 2.45) is 0 Å². The number of fused-ring (bicyclic) bond motifs is 1. The Labute approximate surface area is 83.9 Å². The van der Waals surface area contributed by atoms with E-state index in [4.69, 9.17) is 11.6 Å². The fraction of sp³-hybridized carbons (Fsp3) is 0.500. The van der Waals surface area contributed by atoms with Crippen molar-refractivity contribution in [2.45, 2.75) is 37.0 Å². The van der Waals surface area contributed by atoms with Crippen LogP contribution in [0.1, 0.15) is 47.2 Å². The van der Waals surface area contributed by atoms with Crippen molar-refractivity contribution < 1.29 is 0 Å². The Morgan fingerprint density at radius 3 is 2.77 bits per heavy atom. The third-order valence-corrected chi connectivity index (χ3v) is 3.67. The predicted octanol–water partition coefficient (Wildman–Crippen LogP) is 3.79. The van der Waals surface area contributed by atoms with E-state index in [-0.39, 0.29) is 5.38 Å². The predicted molar refractivity (Wildman–Crippen MR) is 55.3 cm³/mol. The Kier molecular flexibility index (Phi) is 1.66. The molecule has 0 N–H and O–H groups in total. The van der Waals surface area contributed by atoms with Crippen molar-refractivity contribution in [1.29, 1.82) is 0 Å². The molecule has 0 aliphatic heterocycles. The first kappa shape index (κ1) is 7.87. The van der Waals surface area contributed by atoms with Gasteiger partial charge >= 0.3 is 0 Å². The third kappa shape index (κ3) is 1.28. The van der Waals surface area contributed by atoms with Crippen LogP contribution in [0.5, 0.6) is 0 Å². The van der Waals surface area contributed by atoms with Crippen LogP contribution >= 0.6 is 11.6 Å². The zero-order chi connectivity index (χ0) is 8.84. The molecular formula is C12H13Cl. The molecule has 3 rings (SSSR count). The van der Waals surface area contributed by atoms with Gasteiger partial charge in [-0.15, -0.1) is 11.6 Å². The Morgan fingerprint density at radius 1 is 1.15 bits per heavy atom. The molecule has 1 aromatic rings. The van der Waals surface area contributed by atoms with Gasteiger partial charge in [0, 0.05) is 0 Å². The maximum Gasteiger partial charge on any atom is 0.0591 e. The number of benzene rings is 1. The van der Waals surface area contributed by atoms with E-state index in [2.05, 4.69) is 18.2 Å². The zero-order valence-corrected chi connectivity index (χ0v) is 8.35. The van der Waals surface area contributed by atoms with Gasteiger partial charge < -0.3 is 0 Å². The molecule has 0 saturated heterocycles. The second-order valence-corrected chi connectivity index (χ2v) is 4.77. The Hall–Kier alpha value is -0.490. The molecule has 13 heavy (non-hydrogen) atoms. The van der Waals surface area contributed by atoms with Crippen molar-refractivity contribution in [3.05, 3.63) is 34.9 Å². The number of hydrogen-bond donors (Lipinski definition) is 0. The molecule has 1 heteroatoms. The van der Waals surface area contributed by atoms with Gasteiger partial charge in [0.25, 0.3) is 0 Å². The van der Waals surface area contributed by atoms with E-state index in [9.17, 15) is 0 Å². The number of aryl methyl sites for hydroxylation is 1. The second-order valence-electron chi connectivity index (χ2n) is 4.24. The molecule has 2 aliphatic rings. The van der Waals surface area contributed by atoms with E-state index < -0.39 is 0 Å². The van der Waals surface area contributed by atoms with E-state index >= 15 is 0 Å². The molecule has 0 aromatic heterocycles. The van der Waals surface area contributed by atoms with Gasteiger partial charge in [-0.05, 0) is 48.3 Å². The minimum absolute atomic E-state index is 0.281. The quantitative estimate of drug-likeness (QED) is 0.594. The fourth-order valence-corrected chi connectivity index (χ4v) is 2.58. The minimum atomic E-state index is 0.281. The monoisotopic (exact) mass is 192 g/mol. The van der Waals surface area contributed by atoms with Crippen molar-refractivity contribution in [3.63, 3.8) is 0 Å². The minimum Gasteiger partial charge on any atom is -0.118 e. The topological polar surface area (TPSA) is 0 Å². The summed E-state index contributed by atoms with van der Waals surface area (Å²) in [4.78, 5) is 0. The van der Waals surface area contributed by atoms with Crippen LogP contribution in [0.2, 0.25) is 0 Å². The molecule has 0 spiro atoms. The Morgan fingerprint density at radius 2 is 2.00 bits per heavy atom. The largest absolute Gasteiger partial charge is 0.118 e. The van der Waals surface area contributed by atoms with Crippen LogP contribution in [0.15, 0.2) is 18.2 Å². The summed E-state index contributed by atoms with van der Waals surface area (Å²) in [6.45, 7) is 0. The van der Waals surface area contributed by atoms with E-state index in [1.807, 2.05) is 0 Å². The van der Waals surface area contributed by atoms with Gasteiger partial charge in [-0.25, -0.2) is 0 Å². The third-order valence-electron chi connectivity index (χ3n) is 3.22. The number of rotatable bonds is 1. The maximum absolute atomic E-state index is 6.19. The highest BCUT2D eigenvalue weighted by Gasteiger charge is 2.26. The standard InChI is InChI=1S/C12H13Cl/c13-12-6-4-10-7-9(8-1-2-8)3-5-11(10)12/h3,5,7-8,12H,1-2,4,6H2. The fourth-order valence-electron chi connectivity index (χ4n) is 2.26. The summed E-state index contributed by atoms with van der Waals surface area (Å²) in [5.41, 5.74) is 4.43. The highest BCUT2D eigenvalue weighted by molar-refractivity contribution is 6.21. The molecule has 68 valence electrons. The molecule has 1 saturated carbocycles. The lowest BCUT2D eigenvalue weighted by Gasteiger charge is -2.04. The lowest BCUT2D eigenvalue weighted by atomic mass is 10.0. The summed E-state index contributed by atoms with van der Waals surface area (Å²) in [7, 11) is 0. The van der Waals surface area contributed by atoms with Crippen LogP contribution in [0.3, 0.4) is 0 Å². The van der Waals surface area contributed by atoms with E-state index in [0.29, 0.717) is 0 Å². The zero-order valence-electron chi connectivity index (χ0n) is 7.59. The van der Waals surface area contributed by atoms with Gasteiger partial charge in [0.15, 0.2) is 0 Å². The summed E-state index contributed by atoms with van der Waals surface area (Å²) >= 11 is 6.19. The lowest BCUT2D eigenvalue weighted by molar-refractivity contribution is 0.881. The second kappa shape index (κ2) is 2.75. The first-order chi connectivity index (χ1) is 6.34. The molecule has 1 unspecified atom stereocenters. The van der Waals surface area contributed by atoms with Crippen molar-refractivity contribution in [2.75, 3.05) is 0 Å². The first-order valence-corrected chi connectivity index (χ1v) is 5.55. The van der Waals surface area contributed by atoms with Crippen LogP contribution in [-0.4, -0.2) is 0 Å². The number of hydrogen-bond acceptors (Lipinski definition) is 0. The van der Waals surface area contributed by atoms with Gasteiger partial charge in [-0.2, -0.15) is 0 Å².